The molecule has 0 unspecified atom stereocenters. The molecule has 1 saturated carbocycles. The Bertz CT molecular complexity index is 903. The first-order chi connectivity index (χ1) is 14.1. The van der Waals surface area contributed by atoms with E-state index in [0.29, 0.717) is 37.6 Å². The normalized spacial score (nSPS) is 21.6. The van der Waals surface area contributed by atoms with Crippen molar-refractivity contribution in [3.8, 4) is 11.5 Å². The number of aryl methyl sites for hydroxylation is 1. The minimum atomic E-state index is -4.52. The number of hydrogen-bond acceptors (Lipinski definition) is 5. The van der Waals surface area contributed by atoms with Crippen molar-refractivity contribution in [2.24, 2.45) is 5.73 Å². The van der Waals surface area contributed by atoms with E-state index in [2.05, 4.69) is 4.52 Å². The van der Waals surface area contributed by atoms with Crippen molar-refractivity contribution in [3.05, 3.63) is 59.4 Å². The van der Waals surface area contributed by atoms with Crippen LogP contribution in [0.4, 0.5) is 4.39 Å². The molecule has 4 N–H and O–H groups in total. The van der Waals surface area contributed by atoms with E-state index in [1.54, 1.807) is 13.0 Å². The van der Waals surface area contributed by atoms with Crippen molar-refractivity contribution in [3.63, 3.8) is 0 Å². The lowest BCUT2D eigenvalue weighted by atomic mass is 9.94. The summed E-state index contributed by atoms with van der Waals surface area (Å²) >= 11 is 0. The second kappa shape index (κ2) is 9.45. The van der Waals surface area contributed by atoms with E-state index >= 15 is 0 Å². The number of rotatable bonds is 9. The number of benzene rings is 2. The fraction of sp³-hybridized carbons (Fsp3) is 0.429. The number of ether oxygens (including phenoxy) is 2. The van der Waals surface area contributed by atoms with Crippen LogP contribution in [-0.4, -0.2) is 35.1 Å². The van der Waals surface area contributed by atoms with Crippen LogP contribution in [0.3, 0.4) is 0 Å². The van der Waals surface area contributed by atoms with Gasteiger partial charge < -0.3 is 25.0 Å². The Hall–Kier alpha value is -1.96. The largest absolute Gasteiger partial charge is 0.490 e. The van der Waals surface area contributed by atoms with Gasteiger partial charge in [0.15, 0.2) is 0 Å². The molecule has 0 bridgehead atoms. The topological polar surface area (TPSA) is 111 Å². The Labute approximate surface area is 175 Å². The maximum Gasteiger partial charge on any atom is 0.469 e. The fourth-order valence-corrected chi connectivity index (χ4v) is 4.13. The van der Waals surface area contributed by atoms with E-state index in [1.807, 2.05) is 24.3 Å². The standard InChI is InChI=1S/C21H27FNO6P/c1-15-12-18(22)4-7-20(15)28-11-10-27-19-5-2-16(3-6-19)17-8-9-21(23,13-17)14-29-30(24,25)26/h2-7,12,17H,8-11,13-14,23H2,1H3,(H2,24,25,26)/t17-,21-/m1/s1. The van der Waals surface area contributed by atoms with Crippen molar-refractivity contribution in [2.45, 2.75) is 37.6 Å². The number of phosphoric ester groups is 1. The Balaban J connectivity index is 1.45. The van der Waals surface area contributed by atoms with Crippen LogP contribution >= 0.6 is 7.82 Å². The molecule has 0 saturated heterocycles. The highest BCUT2D eigenvalue weighted by Crippen LogP contribution is 2.43. The number of nitrogens with two attached hydrogens (primary N) is 1. The molecule has 1 aliphatic rings. The number of phosphoric acid groups is 1. The third-order valence-corrected chi connectivity index (χ3v) is 5.73. The predicted octanol–water partition coefficient (Wildman–Crippen LogP) is 3.67. The molecule has 0 amide bonds. The van der Waals surface area contributed by atoms with Gasteiger partial charge in [0.2, 0.25) is 0 Å². The summed E-state index contributed by atoms with van der Waals surface area (Å²) in [6.45, 7) is 2.31. The van der Waals surface area contributed by atoms with Crippen molar-refractivity contribution in [1.82, 2.24) is 0 Å². The van der Waals surface area contributed by atoms with Gasteiger partial charge in [-0.15, -0.1) is 0 Å². The summed E-state index contributed by atoms with van der Waals surface area (Å²) in [6, 6.07) is 12.1. The van der Waals surface area contributed by atoms with Crippen LogP contribution in [0.5, 0.6) is 11.5 Å². The lowest BCUT2D eigenvalue weighted by molar-refractivity contribution is 0.153. The van der Waals surface area contributed by atoms with Gasteiger partial charge in [0.1, 0.15) is 30.5 Å². The molecule has 0 heterocycles. The maximum atomic E-state index is 13.1. The van der Waals surface area contributed by atoms with E-state index in [-0.39, 0.29) is 18.3 Å². The van der Waals surface area contributed by atoms with Gasteiger partial charge in [-0.2, -0.15) is 0 Å². The molecule has 3 rings (SSSR count). The van der Waals surface area contributed by atoms with Crippen LogP contribution in [0.15, 0.2) is 42.5 Å². The van der Waals surface area contributed by atoms with Crippen LogP contribution in [0, 0.1) is 12.7 Å². The molecule has 2 atom stereocenters. The fourth-order valence-electron chi connectivity index (χ4n) is 3.71. The van der Waals surface area contributed by atoms with E-state index < -0.39 is 13.4 Å². The third kappa shape index (κ3) is 6.52. The van der Waals surface area contributed by atoms with Gasteiger partial charge in [0.05, 0.1) is 6.61 Å². The Morgan fingerprint density at radius 1 is 1.17 bits per heavy atom. The molecule has 30 heavy (non-hydrogen) atoms. The average Bonchev–Trinajstić information content (AvgIpc) is 3.08. The van der Waals surface area contributed by atoms with Gasteiger partial charge in [-0.3, -0.25) is 4.52 Å². The van der Waals surface area contributed by atoms with Crippen LogP contribution in [0.25, 0.3) is 0 Å². The van der Waals surface area contributed by atoms with Gasteiger partial charge >= 0.3 is 7.82 Å². The zero-order valence-corrected chi connectivity index (χ0v) is 17.7. The highest BCUT2D eigenvalue weighted by atomic mass is 31.2. The van der Waals surface area contributed by atoms with Crippen molar-refractivity contribution < 1.29 is 32.7 Å². The van der Waals surface area contributed by atoms with Crippen LogP contribution in [0.2, 0.25) is 0 Å². The molecule has 7 nitrogen and oxygen atoms in total. The Kier molecular flexibility index (Phi) is 7.16. The minimum absolute atomic E-state index is 0.164. The van der Waals surface area contributed by atoms with Gasteiger partial charge in [0, 0.05) is 5.54 Å². The molecule has 9 heteroatoms. The zero-order chi connectivity index (χ0) is 21.8. The Morgan fingerprint density at radius 2 is 1.87 bits per heavy atom. The average molecular weight is 439 g/mol. The van der Waals surface area contributed by atoms with Crippen molar-refractivity contribution in [2.75, 3.05) is 19.8 Å². The molecule has 0 aliphatic heterocycles. The first-order valence-corrected chi connectivity index (χ1v) is 11.3. The predicted molar refractivity (Wildman–Crippen MR) is 110 cm³/mol. The van der Waals surface area contributed by atoms with E-state index in [1.165, 1.54) is 12.1 Å². The molecular formula is C21H27FNO6P. The van der Waals surface area contributed by atoms with Crippen LogP contribution in [0.1, 0.15) is 36.3 Å². The quantitative estimate of drug-likeness (QED) is 0.404. The highest BCUT2D eigenvalue weighted by molar-refractivity contribution is 7.46. The van der Waals surface area contributed by atoms with Crippen molar-refractivity contribution >= 4 is 7.82 Å². The summed E-state index contributed by atoms with van der Waals surface area (Å²) in [5.41, 5.74) is 7.34. The van der Waals surface area contributed by atoms with Crippen LogP contribution in [-0.2, 0) is 9.09 Å². The van der Waals surface area contributed by atoms with Gasteiger partial charge in [-0.05, 0) is 73.6 Å². The summed E-state index contributed by atoms with van der Waals surface area (Å²) in [4.78, 5) is 17.8. The smallest absolute Gasteiger partial charge is 0.469 e. The minimum Gasteiger partial charge on any atom is -0.490 e. The molecule has 164 valence electrons. The summed E-state index contributed by atoms with van der Waals surface area (Å²) in [5.74, 6) is 1.25. The molecule has 2 aromatic carbocycles. The summed E-state index contributed by atoms with van der Waals surface area (Å²) in [6.07, 6.45) is 2.06. The maximum absolute atomic E-state index is 13.1. The SMILES string of the molecule is Cc1cc(F)ccc1OCCOc1ccc([C@@H]2CC[C@](N)(COP(=O)(O)O)C2)cc1. The van der Waals surface area contributed by atoms with Gasteiger partial charge in [0.25, 0.3) is 0 Å². The Morgan fingerprint density at radius 3 is 2.53 bits per heavy atom. The first kappa shape index (κ1) is 22.7. The molecular weight excluding hydrogens is 412 g/mol. The second-order valence-electron chi connectivity index (χ2n) is 7.74. The molecule has 0 radical (unpaired) electrons. The zero-order valence-electron chi connectivity index (χ0n) is 16.8. The first-order valence-electron chi connectivity index (χ1n) is 9.74. The molecule has 0 aromatic heterocycles. The summed E-state index contributed by atoms with van der Waals surface area (Å²) in [5, 5.41) is 0. The lowest BCUT2D eigenvalue weighted by Crippen LogP contribution is -2.41. The third-order valence-electron chi connectivity index (χ3n) is 5.26. The molecule has 2 aromatic rings. The van der Waals surface area contributed by atoms with Gasteiger partial charge in [-0.1, -0.05) is 12.1 Å². The monoisotopic (exact) mass is 439 g/mol. The summed E-state index contributed by atoms with van der Waals surface area (Å²) < 4.78 is 39.9. The number of hydrogen-bond donors (Lipinski definition) is 3. The summed E-state index contributed by atoms with van der Waals surface area (Å²) in [7, 11) is -4.52. The van der Waals surface area contributed by atoms with Crippen molar-refractivity contribution in [1.29, 1.82) is 0 Å². The molecule has 1 aliphatic carbocycles. The highest BCUT2D eigenvalue weighted by Gasteiger charge is 2.38. The number of halogens is 1. The van der Waals surface area contributed by atoms with Crippen LogP contribution < -0.4 is 15.2 Å². The second-order valence-corrected chi connectivity index (χ2v) is 8.98. The van der Waals surface area contributed by atoms with E-state index in [4.69, 9.17) is 25.0 Å². The van der Waals surface area contributed by atoms with E-state index in [0.717, 1.165) is 17.5 Å². The molecule has 1 fully saturated rings. The van der Waals surface area contributed by atoms with Gasteiger partial charge in [-0.25, -0.2) is 8.96 Å². The van der Waals surface area contributed by atoms with E-state index in [9.17, 15) is 8.96 Å². The lowest BCUT2D eigenvalue weighted by Gasteiger charge is -2.24. The molecule has 0 spiro atoms.